The Hall–Kier alpha value is -1.92. The van der Waals surface area contributed by atoms with E-state index in [1.807, 2.05) is 13.8 Å². The van der Waals surface area contributed by atoms with Crippen molar-refractivity contribution in [2.45, 2.75) is 31.7 Å². The Balaban J connectivity index is 2.82. The molecule has 2 aromatic rings. The van der Waals surface area contributed by atoms with Crippen LogP contribution in [0.25, 0.3) is 10.8 Å². The van der Waals surface area contributed by atoms with Gasteiger partial charge in [-0.25, -0.2) is 0 Å². The molecule has 0 radical (unpaired) electrons. The molecule has 6 heteroatoms. The largest absolute Gasteiger partial charge is 0.350 e. The molecule has 0 atom stereocenters. The van der Waals surface area contributed by atoms with Crippen molar-refractivity contribution in [1.29, 1.82) is 0 Å². The molecule has 0 aliphatic heterocycles. The van der Waals surface area contributed by atoms with Crippen molar-refractivity contribution >= 4 is 26.8 Å². The summed E-state index contributed by atoms with van der Waals surface area (Å²) >= 11 is 0. The topological polar surface area (TPSA) is 83.5 Å². The first kappa shape index (κ1) is 15.5. The van der Waals surface area contributed by atoms with Crippen LogP contribution < -0.4 is 5.32 Å². The summed E-state index contributed by atoms with van der Waals surface area (Å²) in [7, 11) is -4.42. The van der Waals surface area contributed by atoms with Gasteiger partial charge in [-0.15, -0.1) is 0 Å². The molecular weight excluding hydrogens is 290 g/mol. The van der Waals surface area contributed by atoms with Crippen LogP contribution in [-0.2, 0) is 10.1 Å². The molecule has 0 spiro atoms. The minimum absolute atomic E-state index is 0.0765. The Morgan fingerprint density at radius 2 is 1.90 bits per heavy atom. The Kier molecular flexibility index (Phi) is 4.02. The Labute approximate surface area is 123 Å². The van der Waals surface area contributed by atoms with Crippen molar-refractivity contribution in [2.24, 2.45) is 0 Å². The van der Waals surface area contributed by atoms with Gasteiger partial charge in [0, 0.05) is 17.0 Å². The lowest BCUT2D eigenvalue weighted by Crippen LogP contribution is -2.30. The van der Waals surface area contributed by atoms with Crippen molar-refractivity contribution < 1.29 is 17.8 Å². The molecule has 0 aliphatic rings. The van der Waals surface area contributed by atoms with Crippen LogP contribution in [-0.4, -0.2) is 24.9 Å². The summed E-state index contributed by atoms with van der Waals surface area (Å²) in [6.45, 7) is 5.36. The molecule has 0 aromatic heterocycles. The maximum Gasteiger partial charge on any atom is 0.295 e. The van der Waals surface area contributed by atoms with Crippen molar-refractivity contribution in [3.05, 3.63) is 41.5 Å². The van der Waals surface area contributed by atoms with Crippen LogP contribution in [0.2, 0.25) is 0 Å². The lowest BCUT2D eigenvalue weighted by atomic mass is 10.0. The number of hydrogen-bond acceptors (Lipinski definition) is 3. The zero-order valence-corrected chi connectivity index (χ0v) is 12.9. The number of carbonyl (C=O) groups is 1. The van der Waals surface area contributed by atoms with Crippen LogP contribution in [0.15, 0.2) is 35.2 Å². The molecule has 5 nitrogen and oxygen atoms in total. The molecule has 0 heterocycles. The lowest BCUT2D eigenvalue weighted by Gasteiger charge is -2.13. The smallest absolute Gasteiger partial charge is 0.295 e. The van der Waals surface area contributed by atoms with Gasteiger partial charge in [-0.05, 0) is 43.9 Å². The second-order valence-corrected chi connectivity index (χ2v) is 6.66. The summed E-state index contributed by atoms with van der Waals surface area (Å²) in [5.74, 6) is -0.371. The van der Waals surface area contributed by atoms with Gasteiger partial charge in [0.05, 0.1) is 0 Å². The molecule has 112 valence electrons. The zero-order chi connectivity index (χ0) is 15.8. The third-order valence-corrected chi connectivity index (χ3v) is 3.91. The molecule has 0 bridgehead atoms. The predicted octanol–water partition coefficient (Wildman–Crippen LogP) is 2.53. The highest BCUT2D eigenvalue weighted by molar-refractivity contribution is 7.86. The fourth-order valence-corrected chi connectivity index (χ4v) is 3.08. The molecule has 0 saturated heterocycles. The van der Waals surface area contributed by atoms with E-state index in [4.69, 9.17) is 0 Å². The zero-order valence-electron chi connectivity index (χ0n) is 12.0. The highest BCUT2D eigenvalue weighted by Gasteiger charge is 2.20. The third kappa shape index (κ3) is 3.22. The summed E-state index contributed by atoms with van der Waals surface area (Å²) in [5.41, 5.74) is 0.922. The lowest BCUT2D eigenvalue weighted by molar-refractivity contribution is 0.0944. The Morgan fingerprint density at radius 3 is 2.48 bits per heavy atom. The van der Waals surface area contributed by atoms with Crippen molar-refractivity contribution in [1.82, 2.24) is 5.32 Å². The summed E-state index contributed by atoms with van der Waals surface area (Å²) in [4.78, 5) is 12.0. The minimum atomic E-state index is -4.42. The van der Waals surface area contributed by atoms with Crippen molar-refractivity contribution in [2.75, 3.05) is 0 Å². The van der Waals surface area contributed by atoms with Gasteiger partial charge in [-0.2, -0.15) is 8.42 Å². The van der Waals surface area contributed by atoms with Crippen LogP contribution >= 0.6 is 0 Å². The number of fused-ring (bicyclic) bond motifs is 1. The van der Waals surface area contributed by atoms with Gasteiger partial charge < -0.3 is 5.32 Å². The summed E-state index contributed by atoms with van der Waals surface area (Å²) in [6.07, 6.45) is 0. The van der Waals surface area contributed by atoms with E-state index in [1.54, 1.807) is 31.2 Å². The monoisotopic (exact) mass is 307 g/mol. The number of amides is 1. The SMILES string of the molecule is Cc1cc(S(=O)(=O)O)c2c(C(=O)NC(C)C)cccc2c1. The normalized spacial score (nSPS) is 11.9. The van der Waals surface area contributed by atoms with E-state index >= 15 is 0 Å². The minimum Gasteiger partial charge on any atom is -0.350 e. The predicted molar refractivity (Wildman–Crippen MR) is 81.1 cm³/mol. The average Bonchev–Trinajstić information content (AvgIpc) is 2.34. The molecule has 0 saturated carbocycles. The van der Waals surface area contributed by atoms with Crippen LogP contribution in [0.1, 0.15) is 29.8 Å². The van der Waals surface area contributed by atoms with Crippen molar-refractivity contribution in [3.8, 4) is 0 Å². The van der Waals surface area contributed by atoms with E-state index in [1.165, 1.54) is 6.07 Å². The van der Waals surface area contributed by atoms with Gasteiger partial charge in [-0.1, -0.05) is 18.2 Å². The molecule has 1 amide bonds. The number of nitrogens with one attached hydrogen (secondary N) is 1. The molecule has 2 rings (SSSR count). The number of rotatable bonds is 3. The van der Waals surface area contributed by atoms with E-state index in [9.17, 15) is 17.8 Å². The summed E-state index contributed by atoms with van der Waals surface area (Å²) in [5, 5.41) is 3.56. The van der Waals surface area contributed by atoms with Gasteiger partial charge in [0.15, 0.2) is 0 Å². The second kappa shape index (κ2) is 5.46. The number of aryl methyl sites for hydroxylation is 1. The van der Waals surface area contributed by atoms with Crippen LogP contribution in [0, 0.1) is 6.92 Å². The second-order valence-electron chi connectivity index (χ2n) is 5.27. The van der Waals surface area contributed by atoms with Crippen LogP contribution in [0.3, 0.4) is 0 Å². The Bertz CT molecular complexity index is 810. The van der Waals surface area contributed by atoms with Gasteiger partial charge in [0.2, 0.25) is 0 Å². The third-order valence-electron chi connectivity index (χ3n) is 3.03. The molecule has 0 unspecified atom stereocenters. The van der Waals surface area contributed by atoms with E-state index < -0.39 is 10.1 Å². The van der Waals surface area contributed by atoms with E-state index in [0.29, 0.717) is 10.9 Å². The first-order valence-electron chi connectivity index (χ1n) is 6.52. The average molecular weight is 307 g/mol. The molecule has 2 N–H and O–H groups in total. The van der Waals surface area contributed by atoms with E-state index in [-0.39, 0.29) is 27.8 Å². The Morgan fingerprint density at radius 1 is 1.24 bits per heavy atom. The summed E-state index contributed by atoms with van der Waals surface area (Å²) in [6, 6.07) is 8.00. The molecule has 0 fully saturated rings. The maximum atomic E-state index is 12.2. The molecule has 21 heavy (non-hydrogen) atoms. The fraction of sp³-hybridized carbons (Fsp3) is 0.267. The molecule has 0 aliphatic carbocycles. The summed E-state index contributed by atoms with van der Waals surface area (Å²) < 4.78 is 32.7. The number of benzene rings is 2. The highest BCUT2D eigenvalue weighted by Crippen LogP contribution is 2.28. The van der Waals surface area contributed by atoms with Crippen LogP contribution in [0.5, 0.6) is 0 Å². The number of carbonyl (C=O) groups excluding carboxylic acids is 1. The maximum absolute atomic E-state index is 12.2. The quantitative estimate of drug-likeness (QED) is 0.854. The number of hydrogen-bond donors (Lipinski definition) is 2. The van der Waals surface area contributed by atoms with Gasteiger partial charge in [0.1, 0.15) is 4.90 Å². The van der Waals surface area contributed by atoms with Crippen LogP contribution in [0.4, 0.5) is 0 Å². The first-order chi connectivity index (χ1) is 9.70. The van der Waals surface area contributed by atoms with Crippen molar-refractivity contribution in [3.63, 3.8) is 0 Å². The van der Waals surface area contributed by atoms with E-state index in [2.05, 4.69) is 5.32 Å². The molecule has 2 aromatic carbocycles. The highest BCUT2D eigenvalue weighted by atomic mass is 32.2. The van der Waals surface area contributed by atoms with Gasteiger partial charge >= 0.3 is 0 Å². The fourth-order valence-electron chi connectivity index (χ4n) is 2.26. The van der Waals surface area contributed by atoms with Gasteiger partial charge in [0.25, 0.3) is 16.0 Å². The molecular formula is C15H17NO4S. The van der Waals surface area contributed by atoms with Gasteiger partial charge in [-0.3, -0.25) is 9.35 Å². The standard InChI is InChI=1S/C15H17NO4S/c1-9(2)16-15(17)12-6-4-5-11-7-10(3)8-13(14(11)12)21(18,19)20/h4-9H,1-3H3,(H,16,17)(H,18,19,20). The van der Waals surface area contributed by atoms with E-state index in [0.717, 1.165) is 0 Å². The first-order valence-corrected chi connectivity index (χ1v) is 7.96.